The van der Waals surface area contributed by atoms with Gasteiger partial charge in [-0.15, -0.1) is 0 Å². The summed E-state index contributed by atoms with van der Waals surface area (Å²) in [5.74, 6) is 0.0355. The van der Waals surface area contributed by atoms with E-state index in [2.05, 4.69) is 0 Å². The van der Waals surface area contributed by atoms with Gasteiger partial charge in [-0.05, 0) is 31.9 Å². The highest BCUT2D eigenvalue weighted by molar-refractivity contribution is 5.93. The molecule has 5 nitrogen and oxygen atoms in total. The SMILES string of the molecule is CCN(C(=O)CCN(CC1CCCO1)C(C)=O)c1ccccc1. The molecule has 0 aliphatic carbocycles. The number of rotatable bonds is 7. The standard InChI is InChI=1S/C18H26N2O3/c1-3-20(16-8-5-4-6-9-16)18(22)11-12-19(15(2)21)14-17-10-7-13-23-17/h4-6,8-9,17H,3,7,10-14H2,1-2H3. The van der Waals surface area contributed by atoms with Gasteiger partial charge in [0.15, 0.2) is 0 Å². The molecule has 1 heterocycles. The third-order valence-electron chi connectivity index (χ3n) is 4.17. The molecule has 1 aromatic rings. The smallest absolute Gasteiger partial charge is 0.228 e. The Morgan fingerprint density at radius 3 is 2.57 bits per heavy atom. The van der Waals surface area contributed by atoms with Gasteiger partial charge in [0, 0.05) is 45.3 Å². The predicted octanol–water partition coefficient (Wildman–Crippen LogP) is 2.46. The fourth-order valence-corrected chi connectivity index (χ4v) is 2.89. The van der Waals surface area contributed by atoms with Crippen molar-refractivity contribution in [3.63, 3.8) is 0 Å². The molecule has 1 aromatic carbocycles. The van der Waals surface area contributed by atoms with Crippen molar-refractivity contribution in [3.05, 3.63) is 30.3 Å². The summed E-state index contributed by atoms with van der Waals surface area (Å²) in [6, 6.07) is 9.63. The second-order valence-electron chi connectivity index (χ2n) is 5.82. The lowest BCUT2D eigenvalue weighted by Gasteiger charge is -2.26. The number of carbonyl (C=O) groups is 2. The molecule has 1 unspecified atom stereocenters. The van der Waals surface area contributed by atoms with Crippen molar-refractivity contribution in [2.24, 2.45) is 0 Å². The molecule has 23 heavy (non-hydrogen) atoms. The van der Waals surface area contributed by atoms with Crippen molar-refractivity contribution >= 4 is 17.5 Å². The number of anilines is 1. The minimum Gasteiger partial charge on any atom is -0.376 e. The van der Waals surface area contributed by atoms with Gasteiger partial charge in [-0.2, -0.15) is 0 Å². The summed E-state index contributed by atoms with van der Waals surface area (Å²) in [7, 11) is 0. The Hall–Kier alpha value is -1.88. The normalized spacial score (nSPS) is 17.0. The summed E-state index contributed by atoms with van der Waals surface area (Å²) in [5, 5.41) is 0. The van der Waals surface area contributed by atoms with Gasteiger partial charge in [-0.1, -0.05) is 18.2 Å². The highest BCUT2D eigenvalue weighted by Gasteiger charge is 2.22. The van der Waals surface area contributed by atoms with Crippen LogP contribution >= 0.6 is 0 Å². The molecule has 1 fully saturated rings. The van der Waals surface area contributed by atoms with Crippen LogP contribution in [0.3, 0.4) is 0 Å². The van der Waals surface area contributed by atoms with E-state index in [4.69, 9.17) is 4.74 Å². The second-order valence-corrected chi connectivity index (χ2v) is 5.82. The van der Waals surface area contributed by atoms with Crippen molar-refractivity contribution in [1.82, 2.24) is 4.90 Å². The average molecular weight is 318 g/mol. The molecule has 0 N–H and O–H groups in total. The number of ether oxygens (including phenoxy) is 1. The van der Waals surface area contributed by atoms with Crippen LogP contribution in [-0.2, 0) is 14.3 Å². The zero-order valence-corrected chi connectivity index (χ0v) is 14.0. The molecule has 0 saturated carbocycles. The third-order valence-corrected chi connectivity index (χ3v) is 4.17. The topological polar surface area (TPSA) is 49.9 Å². The first-order valence-corrected chi connectivity index (χ1v) is 8.34. The number of amides is 2. The van der Waals surface area contributed by atoms with Crippen molar-refractivity contribution in [2.45, 2.75) is 39.2 Å². The highest BCUT2D eigenvalue weighted by Crippen LogP contribution is 2.16. The van der Waals surface area contributed by atoms with Crippen LogP contribution in [0.1, 0.15) is 33.1 Å². The van der Waals surface area contributed by atoms with E-state index in [1.54, 1.807) is 16.7 Å². The van der Waals surface area contributed by atoms with Crippen LogP contribution in [0.2, 0.25) is 0 Å². The Morgan fingerprint density at radius 1 is 1.26 bits per heavy atom. The molecule has 126 valence electrons. The summed E-state index contributed by atoms with van der Waals surface area (Å²) >= 11 is 0. The Balaban J connectivity index is 1.90. The molecule has 0 bridgehead atoms. The van der Waals surface area contributed by atoms with Crippen LogP contribution in [-0.4, -0.2) is 49.1 Å². The molecule has 0 aromatic heterocycles. The lowest BCUT2D eigenvalue weighted by molar-refractivity contribution is -0.131. The Kier molecular flexibility index (Phi) is 6.59. The molecular weight excluding hydrogens is 292 g/mol. The van der Waals surface area contributed by atoms with Gasteiger partial charge in [0.25, 0.3) is 0 Å². The average Bonchev–Trinajstić information content (AvgIpc) is 3.06. The Bertz CT molecular complexity index is 512. The first-order valence-electron chi connectivity index (χ1n) is 8.34. The molecular formula is C18H26N2O3. The summed E-state index contributed by atoms with van der Waals surface area (Å²) in [5.41, 5.74) is 0.897. The van der Waals surface area contributed by atoms with E-state index in [-0.39, 0.29) is 17.9 Å². The fraction of sp³-hybridized carbons (Fsp3) is 0.556. The number of hydrogen-bond donors (Lipinski definition) is 0. The van der Waals surface area contributed by atoms with Crippen molar-refractivity contribution in [3.8, 4) is 0 Å². The van der Waals surface area contributed by atoms with Crippen LogP contribution in [0.5, 0.6) is 0 Å². The van der Waals surface area contributed by atoms with Crippen LogP contribution in [0.15, 0.2) is 30.3 Å². The maximum Gasteiger partial charge on any atom is 0.228 e. The summed E-state index contributed by atoms with van der Waals surface area (Å²) < 4.78 is 5.59. The van der Waals surface area contributed by atoms with Gasteiger partial charge in [0.1, 0.15) is 0 Å². The van der Waals surface area contributed by atoms with Gasteiger partial charge in [-0.25, -0.2) is 0 Å². The van der Waals surface area contributed by atoms with Crippen LogP contribution in [0.4, 0.5) is 5.69 Å². The summed E-state index contributed by atoms with van der Waals surface area (Å²) in [4.78, 5) is 27.8. The van der Waals surface area contributed by atoms with E-state index < -0.39 is 0 Å². The third kappa shape index (κ3) is 5.06. The van der Waals surface area contributed by atoms with Gasteiger partial charge in [-0.3, -0.25) is 9.59 Å². The number of hydrogen-bond acceptors (Lipinski definition) is 3. The lowest BCUT2D eigenvalue weighted by Crippen LogP contribution is -2.39. The zero-order chi connectivity index (χ0) is 16.7. The van der Waals surface area contributed by atoms with Gasteiger partial charge < -0.3 is 14.5 Å². The largest absolute Gasteiger partial charge is 0.376 e. The van der Waals surface area contributed by atoms with Crippen molar-refractivity contribution < 1.29 is 14.3 Å². The summed E-state index contributed by atoms with van der Waals surface area (Å²) in [6.45, 7) is 5.92. The van der Waals surface area contributed by atoms with Gasteiger partial charge in [0.05, 0.1) is 6.10 Å². The molecule has 1 aliphatic heterocycles. The van der Waals surface area contributed by atoms with Crippen LogP contribution < -0.4 is 4.90 Å². The van der Waals surface area contributed by atoms with Gasteiger partial charge in [0.2, 0.25) is 11.8 Å². The van der Waals surface area contributed by atoms with E-state index in [0.717, 1.165) is 25.1 Å². The van der Waals surface area contributed by atoms with Crippen LogP contribution in [0.25, 0.3) is 0 Å². The predicted molar refractivity (Wildman–Crippen MR) is 90.3 cm³/mol. The minimum absolute atomic E-state index is 0.00365. The second kappa shape index (κ2) is 8.67. The molecule has 5 heteroatoms. The van der Waals surface area contributed by atoms with E-state index in [1.807, 2.05) is 37.3 Å². The molecule has 1 aliphatic rings. The Morgan fingerprint density at radius 2 is 2.00 bits per heavy atom. The molecule has 1 saturated heterocycles. The van der Waals surface area contributed by atoms with Crippen LogP contribution in [0, 0.1) is 0 Å². The quantitative estimate of drug-likeness (QED) is 0.776. The zero-order valence-electron chi connectivity index (χ0n) is 14.0. The highest BCUT2D eigenvalue weighted by atomic mass is 16.5. The number of benzene rings is 1. The number of carbonyl (C=O) groups excluding carboxylic acids is 2. The molecule has 2 rings (SSSR count). The van der Waals surface area contributed by atoms with E-state index in [0.29, 0.717) is 26.1 Å². The maximum absolute atomic E-state index is 12.5. The fourth-order valence-electron chi connectivity index (χ4n) is 2.89. The molecule has 1 atom stereocenters. The van der Waals surface area contributed by atoms with E-state index >= 15 is 0 Å². The first kappa shape index (κ1) is 17.5. The Labute approximate surface area is 138 Å². The molecule has 0 spiro atoms. The molecule has 0 radical (unpaired) electrons. The first-order chi connectivity index (χ1) is 11.1. The lowest BCUT2D eigenvalue weighted by atomic mass is 10.2. The van der Waals surface area contributed by atoms with E-state index in [1.165, 1.54) is 0 Å². The maximum atomic E-state index is 12.5. The molecule has 2 amide bonds. The van der Waals surface area contributed by atoms with Crippen molar-refractivity contribution in [1.29, 1.82) is 0 Å². The van der Waals surface area contributed by atoms with Crippen molar-refractivity contribution in [2.75, 3.05) is 31.1 Å². The minimum atomic E-state index is -0.00365. The van der Waals surface area contributed by atoms with E-state index in [9.17, 15) is 9.59 Å². The van der Waals surface area contributed by atoms with Gasteiger partial charge >= 0.3 is 0 Å². The number of para-hydroxylation sites is 1. The summed E-state index contributed by atoms with van der Waals surface area (Å²) in [6.07, 6.45) is 2.48. The monoisotopic (exact) mass is 318 g/mol. The number of nitrogens with zero attached hydrogens (tertiary/aromatic N) is 2.